The third-order valence-electron chi connectivity index (χ3n) is 19.5. The molecule has 3 aliphatic heterocycles. The SMILES string of the molecule is COc1cc2cc(c1Cl)N(C)C(=O)C[C@H](OC(=O)[C@H](C)N(C)C(=O)CCOCCOCCNC(=O)[C@H](CCC(=O)O)CC(=O)CCn1c(CN(C)N(C)C(=O)OCC3c4ccccc4-c4ccccc43)cc3cccnc31)[C@@]1(C)O[C@H]1[C@H](C)[C@@H]1C[C@@](O)(NC(=O)O1)[C@H](C)/C=C/C=C(\C)C2. The average molecular weight is 1390 g/mol. The molecule has 5 aromatic rings. The monoisotopic (exact) mass is 1390 g/mol. The highest BCUT2D eigenvalue weighted by molar-refractivity contribution is 6.35. The van der Waals surface area contributed by atoms with Gasteiger partial charge in [-0.3, -0.25) is 29.3 Å². The summed E-state index contributed by atoms with van der Waals surface area (Å²) in [5.41, 5.74) is 4.95. The number of carbonyl (C=O) groups excluding carboxylic acids is 7. The van der Waals surface area contributed by atoms with Crippen LogP contribution in [0, 0.1) is 17.8 Å². The van der Waals surface area contributed by atoms with Gasteiger partial charge < -0.3 is 63.1 Å². The molecule has 532 valence electrons. The quantitative estimate of drug-likeness (QED) is 0.0125. The second kappa shape index (κ2) is 33.0. The van der Waals surface area contributed by atoms with Crippen molar-refractivity contribution in [3.05, 3.63) is 136 Å². The smallest absolute Gasteiger partial charge is 0.424 e. The summed E-state index contributed by atoms with van der Waals surface area (Å²) in [4.78, 5) is 115. The third-order valence-corrected chi connectivity index (χ3v) is 19.8. The Bertz CT molecular complexity index is 3810. The summed E-state index contributed by atoms with van der Waals surface area (Å²) in [5, 5.41) is 30.9. The number of carboxylic acids is 1. The Hall–Kier alpha value is -8.72. The molecule has 0 unspecified atom stereocenters. The lowest BCUT2D eigenvalue weighted by atomic mass is 9.82. The number of ether oxygens (including phenoxy) is 7. The minimum absolute atomic E-state index is 0.000891. The number of hydrogen-bond donors (Lipinski definition) is 4. The van der Waals surface area contributed by atoms with Crippen molar-refractivity contribution in [2.45, 2.75) is 141 Å². The molecular formula is C73H91ClN8O17. The maximum atomic E-state index is 14.4. The third kappa shape index (κ3) is 18.0. The number of pyridine rings is 1. The Kier molecular flexibility index (Phi) is 24.8. The van der Waals surface area contributed by atoms with Gasteiger partial charge in [0.25, 0.3) is 0 Å². The number of aryl methyl sites for hydroxylation is 1. The minimum Gasteiger partial charge on any atom is -0.495 e. The Labute approximate surface area is 581 Å². The largest absolute Gasteiger partial charge is 0.495 e. The molecular weight excluding hydrogens is 1300 g/mol. The van der Waals surface area contributed by atoms with Gasteiger partial charge >= 0.3 is 24.1 Å². The van der Waals surface area contributed by atoms with E-state index in [1.807, 2.05) is 66.1 Å². The summed E-state index contributed by atoms with van der Waals surface area (Å²) in [6.07, 6.45) is 2.38. The second-order valence-electron chi connectivity index (χ2n) is 26.3. The van der Waals surface area contributed by atoms with Gasteiger partial charge in [0.15, 0.2) is 0 Å². The molecule has 9 rings (SSSR count). The fourth-order valence-corrected chi connectivity index (χ4v) is 13.4. The zero-order chi connectivity index (χ0) is 71.5. The number of ketones is 1. The molecule has 9 atom stereocenters. The van der Waals surface area contributed by atoms with E-state index in [0.717, 1.165) is 44.5 Å². The summed E-state index contributed by atoms with van der Waals surface area (Å²) >= 11 is 6.84. The van der Waals surface area contributed by atoms with Gasteiger partial charge in [0.2, 0.25) is 17.7 Å². The molecule has 0 radical (unpaired) electrons. The molecule has 1 aliphatic carbocycles. The van der Waals surface area contributed by atoms with Crippen LogP contribution in [-0.2, 0) is 76.7 Å². The van der Waals surface area contributed by atoms with E-state index < -0.39 is 95.3 Å². The predicted molar refractivity (Wildman–Crippen MR) is 367 cm³/mol. The van der Waals surface area contributed by atoms with Gasteiger partial charge in [0.05, 0.1) is 64.7 Å². The van der Waals surface area contributed by atoms with Crippen LogP contribution in [-0.4, -0.2) is 193 Å². The highest BCUT2D eigenvalue weighted by Crippen LogP contribution is 2.50. The van der Waals surface area contributed by atoms with E-state index in [-0.39, 0.29) is 114 Å². The summed E-state index contributed by atoms with van der Waals surface area (Å²) in [6.45, 7) is 9.55. The molecule has 4 bridgehead atoms. The zero-order valence-electron chi connectivity index (χ0n) is 57.8. The number of fused-ring (bicyclic) bond motifs is 9. The van der Waals surface area contributed by atoms with Gasteiger partial charge in [0, 0.05) is 108 Å². The van der Waals surface area contributed by atoms with Crippen LogP contribution in [0.5, 0.6) is 5.75 Å². The number of rotatable bonds is 27. The first kappa shape index (κ1) is 74.5. The molecule has 5 amide bonds. The second-order valence-corrected chi connectivity index (χ2v) is 26.6. The number of hydrogen-bond acceptors (Lipinski definition) is 18. The normalized spacial score (nSPS) is 22.9. The number of esters is 1. The number of anilines is 1. The molecule has 4 N–H and O–H groups in total. The van der Waals surface area contributed by atoms with Crippen LogP contribution >= 0.6 is 11.6 Å². The molecule has 25 nitrogen and oxygen atoms in total. The number of hydrazine groups is 1. The molecule has 4 aliphatic rings. The number of aliphatic carboxylic acids is 1. The fourth-order valence-electron chi connectivity index (χ4n) is 13.1. The van der Waals surface area contributed by atoms with E-state index in [1.54, 1.807) is 71.3 Å². The lowest BCUT2D eigenvalue weighted by molar-refractivity contribution is -0.162. The van der Waals surface area contributed by atoms with Gasteiger partial charge in [-0.1, -0.05) is 97.8 Å². The molecule has 0 saturated carbocycles. The first-order valence-electron chi connectivity index (χ1n) is 33.4. The number of allylic oxidation sites excluding steroid dienone is 3. The standard InChI is InChI=1S/C73H91ClN8O17/c1-44-17-15-18-45(2)73(92)41-60(97-70(90)77-73)46(3)66-72(5,99-66)61(40-63(85)80(8)58-36-48(35-44)37-59(93-10)65(58)74)98-69(89)47(4)79(7)62(84)27-31-94-33-34-95-32-29-76-68(88)50(24-25-64(86)87)39-52(83)26-30-82-51(38-49-19-16-28-75-67(49)82)42-78(6)81(9)71(91)96-43-57-55-22-13-11-20-53(55)54-21-12-14-23-56(54)57/h11-23,28,36-38,45-47,50,57,60-61,66,92H,24-27,29-35,39-43H2,1-10H3,(H,76,88)(H,77,90)(H,86,87)/b18-15+,44-17+/t45-,46-,47+,50-,60+,61+,66+,72-,73+/m1/s1. The van der Waals surface area contributed by atoms with Crippen molar-refractivity contribution < 1.29 is 81.7 Å². The number of nitrogens with zero attached hydrogens (tertiary/aromatic N) is 6. The lowest BCUT2D eigenvalue weighted by Gasteiger charge is -2.41. The average Bonchev–Trinajstić information content (AvgIpc) is 1.55. The topological polar surface area (TPSA) is 300 Å². The van der Waals surface area contributed by atoms with E-state index in [1.165, 1.54) is 35.9 Å². The van der Waals surface area contributed by atoms with Gasteiger partial charge in [-0.2, -0.15) is 0 Å². The Morgan fingerprint density at radius 2 is 1.62 bits per heavy atom. The van der Waals surface area contributed by atoms with E-state index in [0.29, 0.717) is 23.5 Å². The Morgan fingerprint density at radius 3 is 2.31 bits per heavy atom. The zero-order valence-corrected chi connectivity index (χ0v) is 58.6. The summed E-state index contributed by atoms with van der Waals surface area (Å²) < 4.78 is 43.0. The molecule has 2 aromatic heterocycles. The van der Waals surface area contributed by atoms with E-state index in [9.17, 15) is 48.6 Å². The number of epoxide rings is 1. The molecule has 2 saturated heterocycles. The number of carboxylic acid groups (broad SMARTS) is 1. The number of aromatic nitrogens is 2. The highest BCUT2D eigenvalue weighted by atomic mass is 35.5. The van der Waals surface area contributed by atoms with E-state index >= 15 is 0 Å². The molecule has 5 heterocycles. The molecule has 99 heavy (non-hydrogen) atoms. The number of nitrogens with one attached hydrogen (secondary N) is 2. The molecule has 0 spiro atoms. The summed E-state index contributed by atoms with van der Waals surface area (Å²) in [5.74, 6) is -5.43. The number of methoxy groups -OCH3 is 1. The number of benzene rings is 3. The first-order chi connectivity index (χ1) is 47.2. The van der Waals surface area contributed by atoms with Crippen LogP contribution in [0.4, 0.5) is 15.3 Å². The van der Waals surface area contributed by atoms with Crippen molar-refractivity contribution in [2.75, 3.05) is 79.8 Å². The Morgan fingerprint density at radius 1 is 0.919 bits per heavy atom. The summed E-state index contributed by atoms with van der Waals surface area (Å²) in [7, 11) is 7.86. The van der Waals surface area contributed by atoms with E-state index in [2.05, 4.69) is 39.9 Å². The van der Waals surface area contributed by atoms with Gasteiger partial charge in [-0.05, 0) is 91.8 Å². The molecule has 26 heteroatoms. The number of alkyl carbamates (subject to hydrolysis) is 1. The number of Topliss-reactive ketones (excluding diaryl/α,β-unsaturated/α-hetero) is 1. The highest BCUT2D eigenvalue weighted by Gasteiger charge is 2.64. The van der Waals surface area contributed by atoms with Crippen LogP contribution in [0.15, 0.2) is 109 Å². The number of carbonyl (C=O) groups is 8. The van der Waals surface area contributed by atoms with Gasteiger partial charge in [-0.25, -0.2) is 29.4 Å². The Balaban J connectivity index is 0.723. The van der Waals surface area contributed by atoms with Crippen LogP contribution in [0.25, 0.3) is 22.2 Å². The van der Waals surface area contributed by atoms with Crippen molar-refractivity contribution in [3.63, 3.8) is 0 Å². The van der Waals surface area contributed by atoms with Crippen molar-refractivity contribution in [3.8, 4) is 16.9 Å². The maximum absolute atomic E-state index is 14.4. The number of aliphatic hydroxyl groups is 1. The predicted octanol–water partition coefficient (Wildman–Crippen LogP) is 8.78. The maximum Gasteiger partial charge on any atom is 0.424 e. The van der Waals surface area contributed by atoms with Crippen molar-refractivity contribution in [1.82, 2.24) is 35.1 Å². The van der Waals surface area contributed by atoms with Crippen molar-refractivity contribution in [1.29, 1.82) is 0 Å². The van der Waals surface area contributed by atoms with Crippen molar-refractivity contribution >= 4 is 76.0 Å². The fraction of sp³-hybridized carbons (Fsp3) is 0.493. The number of halogens is 1. The van der Waals surface area contributed by atoms with Crippen LogP contribution in [0.3, 0.4) is 0 Å². The van der Waals surface area contributed by atoms with Gasteiger partial charge in [-0.15, -0.1) is 0 Å². The van der Waals surface area contributed by atoms with Crippen LogP contribution < -0.4 is 20.3 Å². The van der Waals surface area contributed by atoms with Gasteiger partial charge in [0.1, 0.15) is 58.4 Å². The van der Waals surface area contributed by atoms with Crippen molar-refractivity contribution in [2.24, 2.45) is 17.8 Å². The number of amides is 5. The van der Waals surface area contributed by atoms with Crippen LogP contribution in [0.1, 0.15) is 108 Å². The molecule has 2 fully saturated rings. The minimum atomic E-state index is -1.68. The van der Waals surface area contributed by atoms with E-state index in [4.69, 9.17) is 44.8 Å². The summed E-state index contributed by atoms with van der Waals surface area (Å²) in [6, 6.07) is 24.3. The number of likely N-dealkylation sites (N-methyl/N-ethyl adjacent to an activating group) is 1. The lowest BCUT2D eigenvalue weighted by Crippen LogP contribution is -2.60. The molecule has 3 aromatic carbocycles. The van der Waals surface area contributed by atoms with Crippen LogP contribution in [0.2, 0.25) is 5.02 Å². The first-order valence-corrected chi connectivity index (χ1v) is 33.8.